The standard InChI is InChI=1S/C26H24N2O2/c1-26(2)21-13-23(30-3)19(16-6-8-28-9-7-16)12-20(21)25(29)24-18-5-4-15(14-27)10-17(18)11-22(24)26/h4-6,10,12-13,28H,7-9,11H2,1-3H3. The van der Waals surface area contributed by atoms with Crippen LogP contribution in [0.4, 0.5) is 0 Å². The van der Waals surface area contributed by atoms with Gasteiger partial charge in [-0.1, -0.05) is 26.0 Å². The average molecular weight is 396 g/mol. The maximum Gasteiger partial charge on any atom is 0.193 e. The molecule has 2 aromatic rings. The second-order valence-corrected chi connectivity index (χ2v) is 8.75. The first-order valence-corrected chi connectivity index (χ1v) is 10.4. The molecule has 0 saturated carbocycles. The second-order valence-electron chi connectivity index (χ2n) is 8.75. The molecule has 0 amide bonds. The van der Waals surface area contributed by atoms with Crippen molar-refractivity contribution in [1.82, 2.24) is 5.32 Å². The van der Waals surface area contributed by atoms with Gasteiger partial charge in [0.1, 0.15) is 5.75 Å². The largest absolute Gasteiger partial charge is 0.496 e. The Morgan fingerprint density at radius 2 is 1.97 bits per heavy atom. The van der Waals surface area contributed by atoms with Gasteiger partial charge in [0.15, 0.2) is 5.78 Å². The van der Waals surface area contributed by atoms with Crippen molar-refractivity contribution < 1.29 is 9.53 Å². The van der Waals surface area contributed by atoms with Crippen LogP contribution in [0.5, 0.6) is 5.75 Å². The van der Waals surface area contributed by atoms with Gasteiger partial charge in [0.05, 0.1) is 18.7 Å². The summed E-state index contributed by atoms with van der Waals surface area (Å²) in [6.45, 7) is 6.13. The Balaban J connectivity index is 1.70. The van der Waals surface area contributed by atoms with Crippen molar-refractivity contribution in [2.45, 2.75) is 32.1 Å². The van der Waals surface area contributed by atoms with Gasteiger partial charge in [-0.15, -0.1) is 0 Å². The molecule has 4 heteroatoms. The first kappa shape index (κ1) is 18.8. The van der Waals surface area contributed by atoms with Crippen molar-refractivity contribution >= 4 is 16.9 Å². The van der Waals surface area contributed by atoms with Gasteiger partial charge in [-0.05, 0) is 71.5 Å². The molecule has 0 bridgehead atoms. The highest BCUT2D eigenvalue weighted by molar-refractivity contribution is 6.33. The third-order valence-electron chi connectivity index (χ3n) is 6.82. The molecule has 0 saturated heterocycles. The molecule has 0 fully saturated rings. The summed E-state index contributed by atoms with van der Waals surface area (Å²) in [6, 6.07) is 12.0. The lowest BCUT2D eigenvalue weighted by Crippen LogP contribution is -2.30. The van der Waals surface area contributed by atoms with Gasteiger partial charge in [-0.2, -0.15) is 5.26 Å². The fourth-order valence-electron chi connectivity index (χ4n) is 5.16. The van der Waals surface area contributed by atoms with Crippen LogP contribution in [0.1, 0.15) is 58.4 Å². The van der Waals surface area contributed by atoms with Crippen molar-refractivity contribution in [3.63, 3.8) is 0 Å². The minimum atomic E-state index is -0.293. The lowest BCUT2D eigenvalue weighted by atomic mass is 9.68. The molecule has 1 N–H and O–H groups in total. The number of hydrogen-bond acceptors (Lipinski definition) is 4. The number of Topliss-reactive ketones (excluding diaryl/α,β-unsaturated/α-hetero) is 1. The number of nitrogens with zero attached hydrogens (tertiary/aromatic N) is 1. The summed E-state index contributed by atoms with van der Waals surface area (Å²) in [4.78, 5) is 13.7. The number of allylic oxidation sites excluding steroid dienone is 2. The third kappa shape index (κ3) is 2.59. The van der Waals surface area contributed by atoms with Gasteiger partial charge in [-0.25, -0.2) is 0 Å². The van der Waals surface area contributed by atoms with Crippen molar-refractivity contribution in [2.75, 3.05) is 20.2 Å². The number of methoxy groups -OCH3 is 1. The number of nitrogens with one attached hydrogen (secondary N) is 1. The summed E-state index contributed by atoms with van der Waals surface area (Å²) in [5.74, 6) is 0.912. The van der Waals surface area contributed by atoms with Crippen molar-refractivity contribution in [3.05, 3.63) is 75.4 Å². The summed E-state index contributed by atoms with van der Waals surface area (Å²) in [5.41, 5.74) is 8.39. The predicted molar refractivity (Wildman–Crippen MR) is 118 cm³/mol. The zero-order valence-corrected chi connectivity index (χ0v) is 17.6. The molecule has 3 aliphatic rings. The zero-order chi connectivity index (χ0) is 21.0. The number of carbonyl (C=O) groups excluding carboxylic acids is 1. The number of hydrogen-bond donors (Lipinski definition) is 1. The molecule has 30 heavy (non-hydrogen) atoms. The molecule has 150 valence electrons. The minimum Gasteiger partial charge on any atom is -0.496 e. The normalized spacial score (nSPS) is 18.9. The molecule has 0 aromatic heterocycles. The van der Waals surface area contributed by atoms with E-state index < -0.39 is 0 Å². The van der Waals surface area contributed by atoms with Crippen LogP contribution >= 0.6 is 0 Å². The quantitative estimate of drug-likeness (QED) is 0.816. The zero-order valence-electron chi connectivity index (χ0n) is 17.6. The van der Waals surface area contributed by atoms with Gasteiger partial charge < -0.3 is 10.1 Å². The Kier molecular flexibility index (Phi) is 4.20. The SMILES string of the molecule is COc1cc2c(cc1C1=CCNCC1)C(=O)C1=C(Cc3cc(C#N)ccc31)C2(C)C. The smallest absolute Gasteiger partial charge is 0.193 e. The van der Waals surface area contributed by atoms with Crippen molar-refractivity contribution in [3.8, 4) is 11.8 Å². The third-order valence-corrected chi connectivity index (χ3v) is 6.82. The Labute approximate surface area is 176 Å². The Morgan fingerprint density at radius 1 is 1.13 bits per heavy atom. The molecule has 2 aliphatic carbocycles. The van der Waals surface area contributed by atoms with Gasteiger partial charge >= 0.3 is 0 Å². The topological polar surface area (TPSA) is 62.1 Å². The van der Waals surface area contributed by atoms with E-state index >= 15 is 0 Å². The number of nitriles is 1. The lowest BCUT2D eigenvalue weighted by Gasteiger charge is -2.35. The molecule has 0 spiro atoms. The Bertz CT molecular complexity index is 1210. The average Bonchev–Trinajstić information content (AvgIpc) is 3.17. The Morgan fingerprint density at radius 3 is 2.67 bits per heavy atom. The van der Waals surface area contributed by atoms with Crippen LogP contribution in [-0.2, 0) is 11.8 Å². The lowest BCUT2D eigenvalue weighted by molar-refractivity contribution is 0.105. The number of rotatable bonds is 2. The van der Waals surface area contributed by atoms with E-state index in [-0.39, 0.29) is 11.2 Å². The van der Waals surface area contributed by atoms with E-state index in [9.17, 15) is 10.1 Å². The van der Waals surface area contributed by atoms with Crippen LogP contribution in [0.25, 0.3) is 11.1 Å². The van der Waals surface area contributed by atoms with Gasteiger partial charge in [0, 0.05) is 28.7 Å². The van der Waals surface area contributed by atoms with E-state index in [1.807, 2.05) is 24.3 Å². The first-order chi connectivity index (χ1) is 14.5. The molecular formula is C26H24N2O2. The van der Waals surface area contributed by atoms with Crippen LogP contribution < -0.4 is 10.1 Å². The molecule has 0 radical (unpaired) electrons. The maximum atomic E-state index is 13.7. The van der Waals surface area contributed by atoms with E-state index in [4.69, 9.17) is 4.74 Å². The summed E-state index contributed by atoms with van der Waals surface area (Å²) < 4.78 is 5.77. The first-order valence-electron chi connectivity index (χ1n) is 10.4. The molecule has 0 unspecified atom stereocenters. The molecular weight excluding hydrogens is 372 g/mol. The van der Waals surface area contributed by atoms with Crippen LogP contribution in [-0.4, -0.2) is 26.0 Å². The van der Waals surface area contributed by atoms with E-state index in [1.165, 1.54) is 5.57 Å². The number of ketones is 1. The minimum absolute atomic E-state index is 0.0845. The summed E-state index contributed by atoms with van der Waals surface area (Å²) >= 11 is 0. The fourth-order valence-corrected chi connectivity index (χ4v) is 5.16. The summed E-state index contributed by atoms with van der Waals surface area (Å²) in [5, 5.41) is 12.6. The van der Waals surface area contributed by atoms with E-state index in [1.54, 1.807) is 7.11 Å². The number of benzene rings is 2. The van der Waals surface area contributed by atoms with Gasteiger partial charge in [0.25, 0.3) is 0 Å². The number of ether oxygens (including phenoxy) is 1. The fraction of sp³-hybridized carbons (Fsp3) is 0.308. The van der Waals surface area contributed by atoms with Crippen LogP contribution in [0.2, 0.25) is 0 Å². The van der Waals surface area contributed by atoms with Crippen LogP contribution in [0.15, 0.2) is 42.0 Å². The molecule has 2 aromatic carbocycles. The van der Waals surface area contributed by atoms with E-state index in [2.05, 4.69) is 37.4 Å². The molecule has 1 aliphatic heterocycles. The second kappa shape index (κ2) is 6.68. The summed E-state index contributed by atoms with van der Waals surface area (Å²) in [6.07, 6.45) is 3.81. The highest BCUT2D eigenvalue weighted by atomic mass is 16.5. The number of fused-ring (bicyclic) bond motifs is 3. The molecule has 4 nitrogen and oxygen atoms in total. The van der Waals surface area contributed by atoms with Crippen molar-refractivity contribution in [1.29, 1.82) is 5.26 Å². The van der Waals surface area contributed by atoms with Crippen LogP contribution in [0.3, 0.4) is 0 Å². The van der Waals surface area contributed by atoms with Gasteiger partial charge in [0.2, 0.25) is 0 Å². The highest BCUT2D eigenvalue weighted by Crippen LogP contribution is 2.51. The monoisotopic (exact) mass is 396 g/mol. The molecule has 0 atom stereocenters. The van der Waals surface area contributed by atoms with E-state index in [0.717, 1.165) is 64.2 Å². The van der Waals surface area contributed by atoms with Gasteiger partial charge in [-0.3, -0.25) is 4.79 Å². The van der Waals surface area contributed by atoms with E-state index in [0.29, 0.717) is 12.0 Å². The Hall–Kier alpha value is -3.16. The predicted octanol–water partition coefficient (Wildman–Crippen LogP) is 4.43. The summed E-state index contributed by atoms with van der Waals surface area (Å²) in [7, 11) is 1.70. The highest BCUT2D eigenvalue weighted by Gasteiger charge is 2.43. The van der Waals surface area contributed by atoms with Crippen LogP contribution in [0, 0.1) is 11.3 Å². The maximum absolute atomic E-state index is 13.7. The molecule has 1 heterocycles. The molecule has 5 rings (SSSR count). The number of carbonyl (C=O) groups is 1. The van der Waals surface area contributed by atoms with Crippen molar-refractivity contribution in [2.24, 2.45) is 0 Å².